The number of amides is 1. The second kappa shape index (κ2) is 8.06. The zero-order chi connectivity index (χ0) is 19.4. The molecule has 0 aliphatic carbocycles. The van der Waals surface area contributed by atoms with Crippen LogP contribution in [-0.2, 0) is 14.8 Å². The summed E-state index contributed by atoms with van der Waals surface area (Å²) < 4.78 is 45.7. The van der Waals surface area contributed by atoms with Crippen molar-refractivity contribution in [3.63, 3.8) is 0 Å². The first-order valence-electron chi connectivity index (χ1n) is 8.67. The first kappa shape index (κ1) is 19.3. The van der Waals surface area contributed by atoms with Gasteiger partial charge in [-0.1, -0.05) is 6.07 Å². The molecule has 0 bridgehead atoms. The van der Waals surface area contributed by atoms with Gasteiger partial charge in [0.1, 0.15) is 11.6 Å². The quantitative estimate of drug-likeness (QED) is 0.786. The Morgan fingerprint density at radius 3 is 2.63 bits per heavy atom. The van der Waals surface area contributed by atoms with Crippen molar-refractivity contribution in [3.8, 4) is 5.75 Å². The fraction of sp³-hybridized carbons (Fsp3) is 0.316. The highest BCUT2D eigenvalue weighted by Gasteiger charge is 2.31. The van der Waals surface area contributed by atoms with E-state index in [-0.39, 0.29) is 29.7 Å². The molecule has 0 saturated carbocycles. The van der Waals surface area contributed by atoms with Gasteiger partial charge in [0.25, 0.3) is 0 Å². The van der Waals surface area contributed by atoms with Crippen molar-refractivity contribution in [1.82, 2.24) is 4.72 Å². The maximum absolute atomic E-state index is 13.3. The van der Waals surface area contributed by atoms with E-state index in [0.717, 1.165) is 17.5 Å². The molecule has 1 atom stereocenters. The number of hydrogen-bond donors (Lipinski definition) is 1. The molecule has 1 N–H and O–H groups in total. The molecular formula is C19H21FN2O4S. The number of carbonyl (C=O) groups excluding carboxylic acids is 1. The van der Waals surface area contributed by atoms with E-state index < -0.39 is 15.8 Å². The monoisotopic (exact) mass is 392 g/mol. The van der Waals surface area contributed by atoms with Gasteiger partial charge < -0.3 is 9.64 Å². The van der Waals surface area contributed by atoms with Gasteiger partial charge in [0.05, 0.1) is 11.5 Å². The van der Waals surface area contributed by atoms with E-state index in [9.17, 15) is 17.6 Å². The molecule has 144 valence electrons. The predicted octanol–water partition coefficient (Wildman–Crippen LogP) is 2.56. The third kappa shape index (κ3) is 4.64. The van der Waals surface area contributed by atoms with E-state index in [1.54, 1.807) is 17.0 Å². The molecule has 0 aromatic heterocycles. The number of carbonyl (C=O) groups is 1. The molecule has 8 heteroatoms. The van der Waals surface area contributed by atoms with Gasteiger partial charge in [0.15, 0.2) is 0 Å². The van der Waals surface area contributed by atoms with Crippen molar-refractivity contribution in [3.05, 3.63) is 54.3 Å². The van der Waals surface area contributed by atoms with E-state index in [1.807, 2.05) is 19.1 Å². The summed E-state index contributed by atoms with van der Waals surface area (Å²) in [7, 11) is -3.82. The number of sulfonamides is 1. The highest BCUT2D eigenvalue weighted by atomic mass is 32.2. The van der Waals surface area contributed by atoms with Crippen LogP contribution in [0.15, 0.2) is 53.4 Å². The van der Waals surface area contributed by atoms with Crippen molar-refractivity contribution < 1.29 is 22.3 Å². The zero-order valence-electron chi connectivity index (χ0n) is 14.9. The third-order valence-corrected chi connectivity index (χ3v) is 5.75. The molecule has 0 spiro atoms. The Kier molecular flexibility index (Phi) is 5.76. The summed E-state index contributed by atoms with van der Waals surface area (Å²) >= 11 is 0. The molecular weight excluding hydrogens is 371 g/mol. The number of benzene rings is 2. The van der Waals surface area contributed by atoms with Crippen molar-refractivity contribution >= 4 is 21.6 Å². The predicted molar refractivity (Wildman–Crippen MR) is 99.7 cm³/mol. The van der Waals surface area contributed by atoms with E-state index >= 15 is 0 Å². The van der Waals surface area contributed by atoms with Crippen LogP contribution >= 0.6 is 0 Å². The average Bonchev–Trinajstić information content (AvgIpc) is 3.02. The molecule has 1 aliphatic heterocycles. The smallest absolute Gasteiger partial charge is 0.240 e. The second-order valence-electron chi connectivity index (χ2n) is 6.31. The van der Waals surface area contributed by atoms with Gasteiger partial charge in [-0.15, -0.1) is 0 Å². The van der Waals surface area contributed by atoms with Gasteiger partial charge in [-0.2, -0.15) is 0 Å². The minimum Gasteiger partial charge on any atom is -0.494 e. The van der Waals surface area contributed by atoms with Crippen LogP contribution in [-0.4, -0.2) is 34.0 Å². The minimum atomic E-state index is -3.82. The lowest BCUT2D eigenvalue weighted by molar-refractivity contribution is -0.117. The first-order valence-corrected chi connectivity index (χ1v) is 10.2. The van der Waals surface area contributed by atoms with E-state index in [4.69, 9.17) is 4.74 Å². The van der Waals surface area contributed by atoms with Crippen LogP contribution < -0.4 is 14.4 Å². The Balaban J connectivity index is 1.62. The fourth-order valence-electron chi connectivity index (χ4n) is 3.00. The molecule has 1 aliphatic rings. The lowest BCUT2D eigenvalue weighted by Crippen LogP contribution is -2.31. The Morgan fingerprint density at radius 2 is 1.96 bits per heavy atom. The van der Waals surface area contributed by atoms with Crippen LogP contribution in [0.3, 0.4) is 0 Å². The zero-order valence-corrected chi connectivity index (χ0v) is 15.7. The van der Waals surface area contributed by atoms with Crippen LogP contribution in [0, 0.1) is 11.7 Å². The van der Waals surface area contributed by atoms with Gasteiger partial charge in [0.2, 0.25) is 15.9 Å². The third-order valence-electron chi connectivity index (χ3n) is 4.33. The first-order chi connectivity index (χ1) is 12.9. The highest BCUT2D eigenvalue weighted by Crippen LogP contribution is 2.27. The summed E-state index contributed by atoms with van der Waals surface area (Å²) in [6.07, 6.45) is 0.249. The minimum absolute atomic E-state index is 0.0610. The Morgan fingerprint density at radius 1 is 1.22 bits per heavy atom. The van der Waals surface area contributed by atoms with Crippen LogP contribution in [0.4, 0.5) is 10.1 Å². The van der Waals surface area contributed by atoms with Gasteiger partial charge in [-0.25, -0.2) is 17.5 Å². The van der Waals surface area contributed by atoms with Crippen LogP contribution in [0.2, 0.25) is 0 Å². The molecule has 1 saturated heterocycles. The van der Waals surface area contributed by atoms with Crippen molar-refractivity contribution in [1.29, 1.82) is 0 Å². The maximum atomic E-state index is 13.3. The lowest BCUT2D eigenvalue weighted by Gasteiger charge is -2.17. The van der Waals surface area contributed by atoms with Crippen LogP contribution in [0.5, 0.6) is 5.75 Å². The van der Waals surface area contributed by atoms with E-state index in [1.165, 1.54) is 18.2 Å². The van der Waals surface area contributed by atoms with Crippen LogP contribution in [0.1, 0.15) is 13.3 Å². The Hall–Kier alpha value is -2.45. The van der Waals surface area contributed by atoms with Crippen LogP contribution in [0.25, 0.3) is 0 Å². The SMILES string of the molecule is CCOc1ccc(N2CC(CNS(=O)(=O)c3cccc(F)c3)CC2=O)cc1. The number of rotatable bonds is 7. The Labute approximate surface area is 158 Å². The summed E-state index contributed by atoms with van der Waals surface area (Å²) in [4.78, 5) is 13.8. The largest absolute Gasteiger partial charge is 0.494 e. The standard InChI is InChI=1S/C19H21FN2O4S/c1-2-26-17-8-6-16(7-9-17)22-13-14(10-19(22)23)12-21-27(24,25)18-5-3-4-15(20)11-18/h3-9,11,14,21H,2,10,12-13H2,1H3. The molecule has 1 fully saturated rings. The number of hydrogen-bond acceptors (Lipinski definition) is 4. The summed E-state index contributed by atoms with van der Waals surface area (Å²) in [5.74, 6) is -0.107. The molecule has 1 heterocycles. The number of nitrogens with one attached hydrogen (secondary N) is 1. The molecule has 3 rings (SSSR count). The summed E-state index contributed by atoms with van der Waals surface area (Å²) in [6, 6.07) is 12.0. The summed E-state index contributed by atoms with van der Waals surface area (Å²) in [5, 5.41) is 0. The number of nitrogens with zero attached hydrogens (tertiary/aromatic N) is 1. The van der Waals surface area contributed by atoms with Crippen molar-refractivity contribution in [2.75, 3.05) is 24.6 Å². The summed E-state index contributed by atoms with van der Waals surface area (Å²) in [5.41, 5.74) is 0.749. The van der Waals surface area contributed by atoms with Gasteiger partial charge >= 0.3 is 0 Å². The molecule has 6 nitrogen and oxygen atoms in total. The van der Waals surface area contributed by atoms with E-state index in [2.05, 4.69) is 4.72 Å². The van der Waals surface area contributed by atoms with Gasteiger partial charge in [-0.3, -0.25) is 4.79 Å². The average molecular weight is 392 g/mol. The molecule has 0 radical (unpaired) electrons. The number of anilines is 1. The number of halogens is 1. The second-order valence-corrected chi connectivity index (χ2v) is 8.08. The lowest BCUT2D eigenvalue weighted by atomic mass is 10.1. The Bertz CT molecular complexity index is 916. The molecule has 2 aromatic rings. The van der Waals surface area contributed by atoms with Gasteiger partial charge in [0, 0.05) is 25.2 Å². The number of ether oxygens (including phenoxy) is 1. The van der Waals surface area contributed by atoms with Crippen molar-refractivity contribution in [2.45, 2.75) is 18.2 Å². The van der Waals surface area contributed by atoms with Gasteiger partial charge in [-0.05, 0) is 55.3 Å². The normalized spacial score (nSPS) is 17.3. The molecule has 27 heavy (non-hydrogen) atoms. The fourth-order valence-corrected chi connectivity index (χ4v) is 4.15. The molecule has 1 unspecified atom stereocenters. The summed E-state index contributed by atoms with van der Waals surface area (Å²) in [6.45, 7) is 2.99. The topological polar surface area (TPSA) is 75.7 Å². The van der Waals surface area contributed by atoms with E-state index in [0.29, 0.717) is 13.2 Å². The van der Waals surface area contributed by atoms with Crippen molar-refractivity contribution in [2.24, 2.45) is 5.92 Å². The maximum Gasteiger partial charge on any atom is 0.240 e. The molecule has 1 amide bonds. The molecule has 2 aromatic carbocycles. The highest BCUT2D eigenvalue weighted by molar-refractivity contribution is 7.89.